The van der Waals surface area contributed by atoms with Crippen molar-refractivity contribution in [3.63, 3.8) is 0 Å². The van der Waals surface area contributed by atoms with Gasteiger partial charge in [-0.1, -0.05) is 30.4 Å². The molecule has 1 heterocycles. The largest absolute Gasteiger partial charge is 0.341 e. The Kier molecular flexibility index (Phi) is 4.11. The van der Waals surface area contributed by atoms with Crippen LogP contribution in [0.25, 0.3) is 0 Å². The van der Waals surface area contributed by atoms with Crippen LogP contribution in [0.1, 0.15) is 5.69 Å². The molecule has 0 spiro atoms. The maximum atomic E-state index is 11.3. The highest BCUT2D eigenvalue weighted by Crippen LogP contribution is 2.16. The molecule has 0 fully saturated rings. The highest BCUT2D eigenvalue weighted by molar-refractivity contribution is 8.23. The van der Waals surface area contributed by atoms with Gasteiger partial charge < -0.3 is 10.3 Å². The molecule has 0 unspecified atom stereocenters. The quantitative estimate of drug-likeness (QED) is 0.502. The molecule has 0 aliphatic heterocycles. The second kappa shape index (κ2) is 5.79. The summed E-state index contributed by atoms with van der Waals surface area (Å²) in [6.45, 7) is 1.77. The lowest BCUT2D eigenvalue weighted by molar-refractivity contribution is 0.909. The van der Waals surface area contributed by atoms with Crippen LogP contribution in [0.2, 0.25) is 0 Å². The van der Waals surface area contributed by atoms with Gasteiger partial charge in [0.2, 0.25) is 0 Å². The Bertz CT molecular complexity index is 610. The number of nitrogens with zero attached hydrogens (tertiary/aromatic N) is 1. The Balaban J connectivity index is 2.05. The standard InChI is InChI=1S/C12H11N3OS2/c1-8-7-10(16)15-11(13-8)18-12(17)14-9-5-3-2-4-6-9/h2-7H,1H3,(H,14,17)(H,13,15,16). The van der Waals surface area contributed by atoms with Crippen LogP contribution in [0.15, 0.2) is 46.3 Å². The summed E-state index contributed by atoms with van der Waals surface area (Å²) in [7, 11) is 0. The van der Waals surface area contributed by atoms with Gasteiger partial charge in [0.05, 0.1) is 0 Å². The molecule has 4 nitrogen and oxygen atoms in total. The fourth-order valence-electron chi connectivity index (χ4n) is 1.35. The van der Waals surface area contributed by atoms with E-state index in [-0.39, 0.29) is 5.56 Å². The molecule has 0 aliphatic carbocycles. The molecule has 18 heavy (non-hydrogen) atoms. The van der Waals surface area contributed by atoms with E-state index in [1.807, 2.05) is 30.3 Å². The molecule has 0 aliphatic rings. The Morgan fingerprint density at radius 3 is 2.78 bits per heavy atom. The number of hydrogen-bond acceptors (Lipinski definition) is 4. The van der Waals surface area contributed by atoms with Crippen molar-refractivity contribution < 1.29 is 0 Å². The Hall–Kier alpha value is -1.66. The first-order chi connectivity index (χ1) is 8.63. The molecular formula is C12H11N3OS2. The number of benzene rings is 1. The van der Waals surface area contributed by atoms with Gasteiger partial charge in [0, 0.05) is 17.4 Å². The number of H-pyrrole nitrogens is 1. The SMILES string of the molecule is Cc1cc(=O)[nH]c(SC(=S)Nc2ccccc2)n1. The van der Waals surface area contributed by atoms with Crippen LogP contribution < -0.4 is 10.9 Å². The number of anilines is 1. The summed E-state index contributed by atoms with van der Waals surface area (Å²) in [4.78, 5) is 18.1. The lowest BCUT2D eigenvalue weighted by atomic mass is 10.3. The van der Waals surface area contributed by atoms with Crippen LogP contribution in [0.5, 0.6) is 0 Å². The van der Waals surface area contributed by atoms with Crippen molar-refractivity contribution in [1.82, 2.24) is 9.97 Å². The lowest BCUT2D eigenvalue weighted by Crippen LogP contribution is -2.11. The highest BCUT2D eigenvalue weighted by Gasteiger charge is 2.04. The monoisotopic (exact) mass is 277 g/mol. The van der Waals surface area contributed by atoms with E-state index in [1.165, 1.54) is 17.8 Å². The number of thioether (sulfide) groups is 1. The molecule has 0 saturated heterocycles. The molecule has 1 aromatic heterocycles. The number of thiocarbonyl (C=S) groups is 1. The first-order valence-corrected chi connectivity index (χ1v) is 6.48. The van der Waals surface area contributed by atoms with Crippen LogP contribution in [0.3, 0.4) is 0 Å². The molecule has 0 radical (unpaired) electrons. The highest BCUT2D eigenvalue weighted by atomic mass is 32.2. The van der Waals surface area contributed by atoms with E-state index in [2.05, 4.69) is 15.3 Å². The molecule has 2 N–H and O–H groups in total. The van der Waals surface area contributed by atoms with Crippen LogP contribution in [0.4, 0.5) is 5.69 Å². The first-order valence-electron chi connectivity index (χ1n) is 5.25. The number of hydrogen-bond donors (Lipinski definition) is 2. The normalized spacial score (nSPS) is 10.1. The van der Waals surface area contributed by atoms with Crippen molar-refractivity contribution in [3.05, 3.63) is 52.4 Å². The minimum Gasteiger partial charge on any atom is -0.341 e. The van der Waals surface area contributed by atoms with Crippen molar-refractivity contribution in [2.45, 2.75) is 12.1 Å². The molecule has 2 rings (SSSR count). The molecule has 0 bridgehead atoms. The van der Waals surface area contributed by atoms with Gasteiger partial charge in [-0.2, -0.15) is 0 Å². The average Bonchev–Trinajstić information content (AvgIpc) is 2.28. The van der Waals surface area contributed by atoms with Gasteiger partial charge in [0.15, 0.2) is 5.16 Å². The zero-order valence-electron chi connectivity index (χ0n) is 9.64. The van der Waals surface area contributed by atoms with E-state index in [4.69, 9.17) is 12.2 Å². The number of rotatable bonds is 2. The summed E-state index contributed by atoms with van der Waals surface area (Å²) in [5.74, 6) is 0. The molecule has 0 saturated carbocycles. The second-order valence-corrected chi connectivity index (χ2v) is 5.24. The third kappa shape index (κ3) is 3.68. The molecular weight excluding hydrogens is 266 g/mol. The van der Waals surface area contributed by atoms with E-state index in [1.54, 1.807) is 6.92 Å². The topological polar surface area (TPSA) is 57.8 Å². The van der Waals surface area contributed by atoms with Crippen molar-refractivity contribution in [3.8, 4) is 0 Å². The van der Waals surface area contributed by atoms with E-state index in [9.17, 15) is 4.79 Å². The molecule has 92 valence electrons. The van der Waals surface area contributed by atoms with Gasteiger partial charge in [0.1, 0.15) is 4.32 Å². The van der Waals surface area contributed by atoms with Gasteiger partial charge in [-0.3, -0.25) is 4.79 Å². The predicted molar refractivity (Wildman–Crippen MR) is 78.1 cm³/mol. The van der Waals surface area contributed by atoms with Crippen LogP contribution in [-0.2, 0) is 0 Å². The summed E-state index contributed by atoms with van der Waals surface area (Å²) in [5, 5.41) is 3.56. The lowest BCUT2D eigenvalue weighted by Gasteiger charge is -2.06. The van der Waals surface area contributed by atoms with Gasteiger partial charge >= 0.3 is 0 Å². The maximum Gasteiger partial charge on any atom is 0.251 e. The Labute approximate surface area is 114 Å². The zero-order valence-corrected chi connectivity index (χ0v) is 11.3. The number of aromatic amines is 1. The molecule has 1 aromatic carbocycles. The summed E-state index contributed by atoms with van der Waals surface area (Å²) in [6, 6.07) is 11.0. The second-order valence-electron chi connectivity index (χ2n) is 3.57. The molecule has 2 aromatic rings. The van der Waals surface area contributed by atoms with Gasteiger partial charge in [-0.05, 0) is 30.8 Å². The smallest absolute Gasteiger partial charge is 0.251 e. The Morgan fingerprint density at radius 2 is 2.11 bits per heavy atom. The van der Waals surface area contributed by atoms with Gasteiger partial charge in [-0.15, -0.1) is 0 Å². The van der Waals surface area contributed by atoms with Crippen molar-refractivity contribution >= 4 is 34.0 Å². The minimum atomic E-state index is -0.174. The minimum absolute atomic E-state index is 0.174. The number of para-hydroxylation sites is 1. The van der Waals surface area contributed by atoms with Crippen LogP contribution >= 0.6 is 24.0 Å². The van der Waals surface area contributed by atoms with E-state index >= 15 is 0 Å². The van der Waals surface area contributed by atoms with Gasteiger partial charge in [-0.25, -0.2) is 4.98 Å². The van der Waals surface area contributed by atoms with Crippen molar-refractivity contribution in [2.75, 3.05) is 5.32 Å². The summed E-state index contributed by atoms with van der Waals surface area (Å²) >= 11 is 6.41. The summed E-state index contributed by atoms with van der Waals surface area (Å²) in [6.07, 6.45) is 0. The van der Waals surface area contributed by atoms with E-state index in [0.717, 1.165) is 5.69 Å². The molecule has 0 amide bonds. The Morgan fingerprint density at radius 1 is 1.39 bits per heavy atom. The third-order valence-corrected chi connectivity index (χ3v) is 3.08. The van der Waals surface area contributed by atoms with E-state index in [0.29, 0.717) is 15.2 Å². The predicted octanol–water partition coefficient (Wildman–Crippen LogP) is 2.57. The fourth-order valence-corrected chi connectivity index (χ4v) is 2.39. The average molecular weight is 277 g/mol. The van der Waals surface area contributed by atoms with Crippen LogP contribution in [0, 0.1) is 6.92 Å². The van der Waals surface area contributed by atoms with E-state index < -0.39 is 0 Å². The number of nitrogens with one attached hydrogen (secondary N) is 2. The summed E-state index contributed by atoms with van der Waals surface area (Å²) in [5.41, 5.74) is 1.40. The third-order valence-electron chi connectivity index (χ3n) is 2.06. The zero-order chi connectivity index (χ0) is 13.0. The first kappa shape index (κ1) is 12.8. The molecule has 0 atom stereocenters. The van der Waals surface area contributed by atoms with Crippen molar-refractivity contribution in [2.24, 2.45) is 0 Å². The van der Waals surface area contributed by atoms with Gasteiger partial charge in [0.25, 0.3) is 5.56 Å². The number of aromatic nitrogens is 2. The van der Waals surface area contributed by atoms with Crippen LogP contribution in [-0.4, -0.2) is 14.3 Å². The number of aryl methyl sites for hydroxylation is 1. The van der Waals surface area contributed by atoms with Crippen molar-refractivity contribution in [1.29, 1.82) is 0 Å². The maximum absolute atomic E-state index is 11.3. The summed E-state index contributed by atoms with van der Waals surface area (Å²) < 4.78 is 0.537. The molecule has 6 heteroatoms. The fraction of sp³-hybridized carbons (Fsp3) is 0.0833.